The summed E-state index contributed by atoms with van der Waals surface area (Å²) in [6.45, 7) is 8.64. The summed E-state index contributed by atoms with van der Waals surface area (Å²) in [5.74, 6) is 1.08. The first-order chi connectivity index (χ1) is 15.4. The van der Waals surface area contributed by atoms with E-state index in [1.54, 1.807) is 28.9 Å². The number of likely N-dealkylation sites (tertiary alicyclic amines) is 1. The molecule has 1 fully saturated rings. The Morgan fingerprint density at radius 3 is 2.62 bits per heavy atom. The summed E-state index contributed by atoms with van der Waals surface area (Å²) in [6, 6.07) is 15.7. The van der Waals surface area contributed by atoms with E-state index in [1.165, 1.54) is 5.56 Å². The lowest BCUT2D eigenvalue weighted by atomic mass is 9.90. The molecule has 3 heterocycles. The third-order valence-corrected chi connectivity index (χ3v) is 6.21. The Bertz CT molecular complexity index is 1090. The summed E-state index contributed by atoms with van der Waals surface area (Å²) >= 11 is 0. The Kier molecular flexibility index (Phi) is 6.58. The van der Waals surface area contributed by atoms with Gasteiger partial charge in [0.1, 0.15) is 0 Å². The van der Waals surface area contributed by atoms with Gasteiger partial charge in [-0.3, -0.25) is 9.59 Å². The lowest BCUT2D eigenvalue weighted by Gasteiger charge is -2.20. The molecule has 0 radical (unpaired) electrons. The van der Waals surface area contributed by atoms with Gasteiger partial charge < -0.3 is 10.2 Å². The number of rotatable bonds is 7. The van der Waals surface area contributed by atoms with Crippen LogP contribution >= 0.6 is 0 Å². The molecule has 0 aliphatic carbocycles. The zero-order chi connectivity index (χ0) is 22.7. The van der Waals surface area contributed by atoms with Crippen molar-refractivity contribution in [2.24, 2.45) is 11.8 Å². The van der Waals surface area contributed by atoms with Crippen LogP contribution in [0.25, 0.3) is 5.52 Å². The molecule has 3 aromatic rings. The van der Waals surface area contributed by atoms with E-state index >= 15 is 0 Å². The molecule has 0 bridgehead atoms. The Balaban J connectivity index is 1.51. The van der Waals surface area contributed by atoms with Crippen LogP contribution in [-0.2, 0) is 0 Å². The van der Waals surface area contributed by atoms with Gasteiger partial charge in [0.2, 0.25) is 0 Å². The minimum absolute atomic E-state index is 0.0644. The molecule has 32 heavy (non-hydrogen) atoms. The fourth-order valence-corrected chi connectivity index (χ4v) is 4.54. The molecule has 1 aliphatic heterocycles. The number of carbonyl (C=O) groups excluding carboxylic acids is 2. The van der Waals surface area contributed by atoms with E-state index < -0.39 is 0 Å². The molecule has 1 unspecified atom stereocenters. The van der Waals surface area contributed by atoms with Crippen LogP contribution in [-0.4, -0.2) is 46.0 Å². The highest BCUT2D eigenvalue weighted by Crippen LogP contribution is 2.24. The van der Waals surface area contributed by atoms with Crippen molar-refractivity contribution in [2.75, 3.05) is 19.6 Å². The minimum Gasteiger partial charge on any atom is -0.351 e. The van der Waals surface area contributed by atoms with Crippen molar-refractivity contribution in [2.45, 2.75) is 39.5 Å². The van der Waals surface area contributed by atoms with Crippen LogP contribution in [0.15, 0.2) is 54.7 Å². The number of fused-ring (bicyclic) bond motifs is 1. The van der Waals surface area contributed by atoms with Gasteiger partial charge in [-0.2, -0.15) is 5.10 Å². The summed E-state index contributed by atoms with van der Waals surface area (Å²) in [4.78, 5) is 27.8. The van der Waals surface area contributed by atoms with Crippen molar-refractivity contribution in [3.8, 4) is 0 Å². The molecule has 1 saturated heterocycles. The molecular formula is C26H32N4O2. The van der Waals surface area contributed by atoms with Gasteiger partial charge in [-0.15, -0.1) is 0 Å². The highest BCUT2D eigenvalue weighted by Gasteiger charge is 2.26. The molecule has 0 saturated carbocycles. The first kappa shape index (κ1) is 22.1. The van der Waals surface area contributed by atoms with Crippen LogP contribution in [0.1, 0.15) is 65.9 Å². The smallest absolute Gasteiger partial charge is 0.274 e. The molecule has 2 amide bonds. The first-order valence-electron chi connectivity index (χ1n) is 11.5. The number of pyridine rings is 1. The van der Waals surface area contributed by atoms with Gasteiger partial charge in [0.25, 0.3) is 11.8 Å². The number of aromatic nitrogens is 2. The summed E-state index contributed by atoms with van der Waals surface area (Å²) in [5, 5.41) is 7.57. The Labute approximate surface area is 189 Å². The standard InChI is InChI=1S/C26H32N4O2/c1-18(2)14-21(20-8-5-4-6-9-20)16-27-25(31)22-10-7-12-30-24(22)15-23(28-30)26(32)29-13-11-19(3)17-29/h4-10,12,15,18-19,21H,11,13-14,16-17H2,1-3H3,(H,27,31)/t19-,21?/m1/s1. The topological polar surface area (TPSA) is 66.7 Å². The minimum atomic E-state index is -0.144. The van der Waals surface area contributed by atoms with E-state index in [4.69, 9.17) is 0 Å². The van der Waals surface area contributed by atoms with Crippen molar-refractivity contribution in [1.29, 1.82) is 0 Å². The van der Waals surface area contributed by atoms with E-state index in [0.717, 1.165) is 25.9 Å². The number of hydrogen-bond acceptors (Lipinski definition) is 3. The maximum Gasteiger partial charge on any atom is 0.274 e. The molecule has 1 N–H and O–H groups in total. The van der Waals surface area contributed by atoms with Crippen LogP contribution < -0.4 is 5.32 Å². The second kappa shape index (κ2) is 9.55. The van der Waals surface area contributed by atoms with Gasteiger partial charge in [-0.1, -0.05) is 51.1 Å². The average Bonchev–Trinajstić information content (AvgIpc) is 3.42. The van der Waals surface area contributed by atoms with Crippen molar-refractivity contribution < 1.29 is 9.59 Å². The van der Waals surface area contributed by atoms with Crippen molar-refractivity contribution in [1.82, 2.24) is 19.8 Å². The van der Waals surface area contributed by atoms with Gasteiger partial charge >= 0.3 is 0 Å². The summed E-state index contributed by atoms with van der Waals surface area (Å²) in [6.07, 6.45) is 3.79. The zero-order valence-electron chi connectivity index (χ0n) is 19.1. The van der Waals surface area contributed by atoms with Crippen LogP contribution in [0.3, 0.4) is 0 Å². The van der Waals surface area contributed by atoms with Crippen LogP contribution in [0.4, 0.5) is 0 Å². The van der Waals surface area contributed by atoms with Gasteiger partial charge in [0.05, 0.1) is 11.1 Å². The predicted octanol–water partition coefficient (Wildman–Crippen LogP) is 4.38. The van der Waals surface area contributed by atoms with Crippen LogP contribution in [0.2, 0.25) is 0 Å². The molecular weight excluding hydrogens is 400 g/mol. The van der Waals surface area contributed by atoms with Crippen LogP contribution in [0.5, 0.6) is 0 Å². The number of nitrogens with one attached hydrogen (secondary N) is 1. The number of carbonyl (C=O) groups is 2. The predicted molar refractivity (Wildman–Crippen MR) is 126 cm³/mol. The Hall–Kier alpha value is -3.15. The summed E-state index contributed by atoms with van der Waals surface area (Å²) < 4.78 is 1.63. The maximum absolute atomic E-state index is 13.1. The molecule has 0 spiro atoms. The number of hydrogen-bond donors (Lipinski definition) is 1. The lowest BCUT2D eigenvalue weighted by Crippen LogP contribution is -2.29. The van der Waals surface area contributed by atoms with Crippen molar-refractivity contribution in [3.63, 3.8) is 0 Å². The monoisotopic (exact) mass is 432 g/mol. The molecule has 6 heteroatoms. The second-order valence-corrected chi connectivity index (χ2v) is 9.37. The quantitative estimate of drug-likeness (QED) is 0.603. The maximum atomic E-state index is 13.1. The molecule has 168 valence electrons. The van der Waals surface area contributed by atoms with Crippen LogP contribution in [0, 0.1) is 11.8 Å². The summed E-state index contributed by atoms with van der Waals surface area (Å²) in [7, 11) is 0. The molecule has 4 rings (SSSR count). The van der Waals surface area contributed by atoms with Crippen molar-refractivity contribution in [3.05, 3.63) is 71.5 Å². The van der Waals surface area contributed by atoms with Gasteiger partial charge in [0, 0.05) is 31.7 Å². The van der Waals surface area contributed by atoms with E-state index in [0.29, 0.717) is 35.2 Å². The van der Waals surface area contributed by atoms with E-state index in [9.17, 15) is 9.59 Å². The van der Waals surface area contributed by atoms with Crippen molar-refractivity contribution >= 4 is 17.3 Å². The lowest BCUT2D eigenvalue weighted by molar-refractivity contribution is 0.0781. The number of amides is 2. The zero-order valence-corrected chi connectivity index (χ0v) is 19.1. The molecule has 1 aliphatic rings. The second-order valence-electron chi connectivity index (χ2n) is 9.37. The number of nitrogens with zero attached hydrogens (tertiary/aromatic N) is 3. The van der Waals surface area contributed by atoms with E-state index in [-0.39, 0.29) is 17.7 Å². The molecule has 2 aromatic heterocycles. The van der Waals surface area contributed by atoms with Gasteiger partial charge in [-0.25, -0.2) is 4.52 Å². The molecule has 1 aromatic carbocycles. The average molecular weight is 433 g/mol. The van der Waals surface area contributed by atoms with Gasteiger partial charge in [0.15, 0.2) is 5.69 Å². The largest absolute Gasteiger partial charge is 0.351 e. The van der Waals surface area contributed by atoms with Gasteiger partial charge in [-0.05, 0) is 48.4 Å². The highest BCUT2D eigenvalue weighted by molar-refractivity contribution is 6.02. The normalized spacial score (nSPS) is 17.1. The SMILES string of the molecule is CC(C)CC(CNC(=O)c1cccn2nc(C(=O)N3CC[C@@H](C)C3)cc12)c1ccccc1. The highest BCUT2D eigenvalue weighted by atomic mass is 16.2. The Morgan fingerprint density at radius 2 is 1.94 bits per heavy atom. The fourth-order valence-electron chi connectivity index (χ4n) is 4.54. The fraction of sp³-hybridized carbons (Fsp3) is 0.423. The van der Waals surface area contributed by atoms with E-state index in [1.807, 2.05) is 23.1 Å². The third-order valence-electron chi connectivity index (χ3n) is 6.21. The molecule has 2 atom stereocenters. The number of benzene rings is 1. The first-order valence-corrected chi connectivity index (χ1v) is 11.5. The summed E-state index contributed by atoms with van der Waals surface area (Å²) in [5.41, 5.74) is 2.81. The third kappa shape index (κ3) is 4.85. The Morgan fingerprint density at radius 1 is 1.16 bits per heavy atom. The molecule has 6 nitrogen and oxygen atoms in total. The van der Waals surface area contributed by atoms with E-state index in [2.05, 4.69) is 43.3 Å².